The zero-order valence-corrected chi connectivity index (χ0v) is 14.9. The van der Waals surface area contributed by atoms with E-state index in [2.05, 4.69) is 19.7 Å². The van der Waals surface area contributed by atoms with E-state index in [9.17, 15) is 12.8 Å². The third kappa shape index (κ3) is 4.06. The van der Waals surface area contributed by atoms with Gasteiger partial charge in [0, 0.05) is 25.7 Å². The number of halogens is 1. The Balaban J connectivity index is 1.69. The Hall–Kier alpha value is -2.37. The van der Waals surface area contributed by atoms with Crippen molar-refractivity contribution >= 4 is 22.0 Å². The molecule has 1 aliphatic heterocycles. The number of aromatic nitrogens is 3. The number of aliphatic hydroxyl groups excluding tert-OH is 1. The van der Waals surface area contributed by atoms with Gasteiger partial charge < -0.3 is 10.0 Å². The monoisotopic (exact) mass is 382 g/mol. The molecule has 0 aliphatic carbocycles. The van der Waals surface area contributed by atoms with Crippen molar-refractivity contribution in [2.75, 3.05) is 29.3 Å². The molecule has 0 radical (unpaired) electrons. The summed E-state index contributed by atoms with van der Waals surface area (Å²) in [6, 6.07) is 4.54. The van der Waals surface area contributed by atoms with E-state index in [1.54, 1.807) is 12.1 Å². The first-order valence-corrected chi connectivity index (χ1v) is 9.42. The smallest absolute Gasteiger partial charge is 0.302 e. The van der Waals surface area contributed by atoms with Crippen LogP contribution in [-0.4, -0.2) is 58.5 Å². The number of aliphatic hydroxyl groups is 1. The molecule has 2 aromatic heterocycles. The van der Waals surface area contributed by atoms with Crippen molar-refractivity contribution in [3.05, 3.63) is 42.1 Å². The van der Waals surface area contributed by atoms with Crippen molar-refractivity contribution in [1.82, 2.24) is 19.3 Å². The van der Waals surface area contributed by atoms with Gasteiger partial charge in [-0.2, -0.15) is 12.7 Å². The minimum atomic E-state index is -3.79. The summed E-state index contributed by atoms with van der Waals surface area (Å²) in [6.07, 6.45) is 2.17. The maximum absolute atomic E-state index is 13.0. The highest BCUT2D eigenvalue weighted by atomic mass is 32.2. The number of hydrogen-bond donors (Lipinski definition) is 2. The van der Waals surface area contributed by atoms with E-state index in [0.717, 1.165) is 12.4 Å². The molecule has 2 aromatic rings. The van der Waals surface area contributed by atoms with Crippen LogP contribution >= 0.6 is 0 Å². The number of piperazine rings is 1. The highest BCUT2D eigenvalue weighted by molar-refractivity contribution is 7.90. The van der Waals surface area contributed by atoms with Gasteiger partial charge in [-0.25, -0.2) is 19.3 Å². The molecule has 0 saturated carbocycles. The molecule has 0 aromatic carbocycles. The van der Waals surface area contributed by atoms with Crippen LogP contribution in [0.1, 0.15) is 12.6 Å². The number of rotatable bonds is 5. The Morgan fingerprint density at radius 1 is 1.31 bits per heavy atom. The van der Waals surface area contributed by atoms with Crippen molar-refractivity contribution in [2.45, 2.75) is 19.6 Å². The molecule has 11 heteroatoms. The van der Waals surface area contributed by atoms with E-state index in [4.69, 9.17) is 5.11 Å². The lowest BCUT2D eigenvalue weighted by Gasteiger charge is -2.38. The van der Waals surface area contributed by atoms with Crippen LogP contribution in [0.3, 0.4) is 0 Å². The largest absolute Gasteiger partial charge is 0.390 e. The predicted octanol–water partition coefficient (Wildman–Crippen LogP) is 0.370. The van der Waals surface area contributed by atoms with Crippen LogP contribution in [0, 0.1) is 5.82 Å². The molecule has 1 aliphatic rings. The van der Waals surface area contributed by atoms with Crippen molar-refractivity contribution in [1.29, 1.82) is 0 Å². The fourth-order valence-electron chi connectivity index (χ4n) is 2.71. The maximum Gasteiger partial charge on any atom is 0.302 e. The summed E-state index contributed by atoms with van der Waals surface area (Å²) in [5.74, 6) is -0.0147. The summed E-state index contributed by atoms with van der Waals surface area (Å²) in [5, 5.41) is 9.11. The van der Waals surface area contributed by atoms with Gasteiger partial charge in [-0.1, -0.05) is 6.07 Å². The van der Waals surface area contributed by atoms with Crippen LogP contribution in [0.4, 0.5) is 16.2 Å². The predicted molar refractivity (Wildman–Crippen MR) is 93.1 cm³/mol. The highest BCUT2D eigenvalue weighted by Gasteiger charge is 2.32. The Morgan fingerprint density at radius 3 is 2.69 bits per heavy atom. The molecule has 9 nitrogen and oxygen atoms in total. The van der Waals surface area contributed by atoms with Crippen LogP contribution in [0.2, 0.25) is 0 Å². The fourth-order valence-corrected chi connectivity index (χ4v) is 3.96. The number of nitrogens with zero attached hydrogens (tertiary/aromatic N) is 5. The summed E-state index contributed by atoms with van der Waals surface area (Å²) >= 11 is 0. The Bertz CT molecular complexity index is 864. The van der Waals surface area contributed by atoms with Crippen molar-refractivity contribution < 1.29 is 17.9 Å². The average molecular weight is 382 g/mol. The van der Waals surface area contributed by atoms with Crippen molar-refractivity contribution in [3.8, 4) is 0 Å². The normalized spacial score (nSPS) is 18.7. The molecule has 140 valence electrons. The van der Waals surface area contributed by atoms with E-state index in [1.165, 1.54) is 10.4 Å². The molecule has 2 N–H and O–H groups in total. The minimum absolute atomic E-state index is 0.147. The van der Waals surface area contributed by atoms with Gasteiger partial charge in [0.25, 0.3) is 0 Å². The molecule has 0 spiro atoms. The molecule has 0 bridgehead atoms. The number of hydrogen-bond acceptors (Lipinski definition) is 7. The summed E-state index contributed by atoms with van der Waals surface area (Å²) in [5.41, 5.74) is 0.372. The highest BCUT2D eigenvalue weighted by Crippen LogP contribution is 2.19. The summed E-state index contributed by atoms with van der Waals surface area (Å²) in [4.78, 5) is 13.8. The Labute approximate surface area is 150 Å². The second kappa shape index (κ2) is 7.48. The van der Waals surface area contributed by atoms with E-state index in [0.29, 0.717) is 18.2 Å². The molecular formula is C15H19FN6O3S. The zero-order valence-electron chi connectivity index (χ0n) is 14.1. The lowest BCUT2D eigenvalue weighted by atomic mass is 10.2. The molecule has 1 atom stereocenters. The lowest BCUT2D eigenvalue weighted by Crippen LogP contribution is -2.55. The van der Waals surface area contributed by atoms with Crippen molar-refractivity contribution in [2.24, 2.45) is 0 Å². The van der Waals surface area contributed by atoms with Crippen LogP contribution in [0.15, 0.2) is 30.6 Å². The standard InChI is InChI=1S/C15H19FN6O3S/c1-11-9-21(5-6-22(11)15-17-7-12(16)8-18-15)26(24,25)20-14-4-2-3-13(10-23)19-14/h2-4,7-8,11,23H,5-6,9-10H2,1H3,(H,19,20)/t11-/m1/s1. The Kier molecular flexibility index (Phi) is 5.30. The quantitative estimate of drug-likeness (QED) is 0.768. The molecule has 3 rings (SSSR count). The molecule has 26 heavy (non-hydrogen) atoms. The van der Waals surface area contributed by atoms with E-state index in [1.807, 2.05) is 11.8 Å². The lowest BCUT2D eigenvalue weighted by molar-refractivity contribution is 0.277. The molecule has 0 unspecified atom stereocenters. The zero-order chi connectivity index (χ0) is 18.7. The van der Waals surface area contributed by atoms with Gasteiger partial charge in [-0.15, -0.1) is 0 Å². The van der Waals surface area contributed by atoms with Gasteiger partial charge in [0.05, 0.1) is 24.7 Å². The molecule has 1 fully saturated rings. The fraction of sp³-hybridized carbons (Fsp3) is 0.400. The van der Waals surface area contributed by atoms with Gasteiger partial charge in [0.15, 0.2) is 5.82 Å². The average Bonchev–Trinajstić information content (AvgIpc) is 2.62. The van der Waals surface area contributed by atoms with E-state index < -0.39 is 16.0 Å². The summed E-state index contributed by atoms with van der Waals surface area (Å²) in [6.45, 7) is 2.38. The summed E-state index contributed by atoms with van der Waals surface area (Å²) < 4.78 is 41.9. The second-order valence-electron chi connectivity index (χ2n) is 5.88. The van der Waals surface area contributed by atoms with Gasteiger partial charge >= 0.3 is 10.2 Å². The number of pyridine rings is 1. The third-order valence-electron chi connectivity index (χ3n) is 4.00. The van der Waals surface area contributed by atoms with Crippen molar-refractivity contribution in [3.63, 3.8) is 0 Å². The second-order valence-corrected chi connectivity index (χ2v) is 7.55. The molecule has 3 heterocycles. The third-order valence-corrected chi connectivity index (χ3v) is 5.47. The molecule has 0 amide bonds. The Morgan fingerprint density at radius 2 is 2.04 bits per heavy atom. The number of anilines is 2. The minimum Gasteiger partial charge on any atom is -0.390 e. The first-order valence-electron chi connectivity index (χ1n) is 7.98. The molecule has 1 saturated heterocycles. The van der Waals surface area contributed by atoms with Gasteiger partial charge in [-0.3, -0.25) is 4.72 Å². The van der Waals surface area contributed by atoms with Gasteiger partial charge in [0.2, 0.25) is 5.95 Å². The first-order chi connectivity index (χ1) is 12.4. The van der Waals surface area contributed by atoms with Crippen LogP contribution in [0.5, 0.6) is 0 Å². The van der Waals surface area contributed by atoms with E-state index >= 15 is 0 Å². The van der Waals surface area contributed by atoms with Crippen LogP contribution < -0.4 is 9.62 Å². The molecular weight excluding hydrogens is 363 g/mol. The van der Waals surface area contributed by atoms with E-state index in [-0.39, 0.29) is 31.6 Å². The topological polar surface area (TPSA) is 112 Å². The summed E-state index contributed by atoms with van der Waals surface area (Å²) in [7, 11) is -3.79. The van der Waals surface area contributed by atoms with Gasteiger partial charge in [0.1, 0.15) is 5.82 Å². The maximum atomic E-state index is 13.0. The van der Waals surface area contributed by atoms with Gasteiger partial charge in [-0.05, 0) is 19.1 Å². The first kappa shape index (κ1) is 18.4. The SMILES string of the molecule is C[C@@H]1CN(S(=O)(=O)Nc2cccc(CO)n2)CCN1c1ncc(F)cn1. The van der Waals surface area contributed by atoms with Crippen LogP contribution in [0.25, 0.3) is 0 Å². The van der Waals surface area contributed by atoms with Crippen LogP contribution in [-0.2, 0) is 16.8 Å². The number of nitrogens with one attached hydrogen (secondary N) is 1.